The van der Waals surface area contributed by atoms with Crippen LogP contribution in [0.15, 0.2) is 24.4 Å². The van der Waals surface area contributed by atoms with Crippen molar-refractivity contribution in [2.75, 3.05) is 6.54 Å². The number of benzene rings is 1. The molecular weight excluding hydrogens is 328 g/mol. The Kier molecular flexibility index (Phi) is 4.85. The van der Waals surface area contributed by atoms with E-state index in [0.29, 0.717) is 17.9 Å². The van der Waals surface area contributed by atoms with E-state index in [-0.39, 0.29) is 15.5 Å². The van der Waals surface area contributed by atoms with Gasteiger partial charge in [0.2, 0.25) is 0 Å². The van der Waals surface area contributed by atoms with Crippen LogP contribution in [0.5, 0.6) is 0 Å². The van der Waals surface area contributed by atoms with Gasteiger partial charge in [-0.05, 0) is 12.6 Å². The first kappa shape index (κ1) is 16.2. The van der Waals surface area contributed by atoms with Crippen LogP contribution in [0.3, 0.4) is 0 Å². The molecule has 8 heteroatoms. The number of halogens is 5. The summed E-state index contributed by atoms with van der Waals surface area (Å²) in [6, 6.07) is 3.71. The third-order valence-electron chi connectivity index (χ3n) is 2.75. The predicted molar refractivity (Wildman–Crippen MR) is 74.0 cm³/mol. The normalized spacial score (nSPS) is 13.4. The third-order valence-corrected chi connectivity index (χ3v) is 4.15. The molecule has 0 fully saturated rings. The highest BCUT2D eigenvalue weighted by molar-refractivity contribution is 7.11. The molecule has 0 aliphatic carbocycles. The first-order valence-electron chi connectivity index (χ1n) is 6.04. The molecule has 1 aromatic heterocycles. The Morgan fingerprint density at radius 1 is 1.38 bits per heavy atom. The lowest BCUT2D eigenvalue weighted by Crippen LogP contribution is -2.22. The van der Waals surface area contributed by atoms with Crippen LogP contribution in [0, 0.1) is 5.82 Å². The summed E-state index contributed by atoms with van der Waals surface area (Å²) in [5.41, 5.74) is 0.196. The topological polar surface area (TPSA) is 24.9 Å². The Morgan fingerprint density at radius 2 is 2.10 bits per heavy atom. The fourth-order valence-electron chi connectivity index (χ4n) is 1.86. The lowest BCUT2D eigenvalue weighted by Gasteiger charge is -2.17. The fraction of sp³-hybridized carbons (Fsp3) is 0.308. The van der Waals surface area contributed by atoms with Gasteiger partial charge in [-0.25, -0.2) is 9.37 Å². The zero-order valence-corrected chi connectivity index (χ0v) is 12.4. The van der Waals surface area contributed by atoms with Crippen molar-refractivity contribution in [3.63, 3.8) is 0 Å². The van der Waals surface area contributed by atoms with Crippen molar-refractivity contribution in [3.05, 3.63) is 50.7 Å². The second-order valence-electron chi connectivity index (χ2n) is 4.20. The SMILES string of the molecule is CCNC(c1cnc(C(F)(F)F)s1)c1cccc(Cl)c1F. The van der Waals surface area contributed by atoms with E-state index in [1.807, 2.05) is 0 Å². The largest absolute Gasteiger partial charge is 0.443 e. The van der Waals surface area contributed by atoms with Crippen molar-refractivity contribution >= 4 is 22.9 Å². The molecule has 1 aromatic carbocycles. The first-order valence-corrected chi connectivity index (χ1v) is 7.24. The van der Waals surface area contributed by atoms with Crippen molar-refractivity contribution in [1.29, 1.82) is 0 Å². The zero-order chi connectivity index (χ0) is 15.6. The van der Waals surface area contributed by atoms with Crippen molar-refractivity contribution in [1.82, 2.24) is 10.3 Å². The molecule has 0 spiro atoms. The quantitative estimate of drug-likeness (QED) is 0.821. The summed E-state index contributed by atoms with van der Waals surface area (Å²) in [5.74, 6) is -0.646. The molecule has 2 aromatic rings. The smallest absolute Gasteiger partial charge is 0.306 e. The zero-order valence-electron chi connectivity index (χ0n) is 10.8. The number of aromatic nitrogens is 1. The summed E-state index contributed by atoms with van der Waals surface area (Å²) in [5, 5.41) is 1.92. The van der Waals surface area contributed by atoms with Gasteiger partial charge < -0.3 is 5.32 Å². The Balaban J connectivity index is 2.44. The van der Waals surface area contributed by atoms with E-state index >= 15 is 0 Å². The van der Waals surface area contributed by atoms with Crippen LogP contribution >= 0.6 is 22.9 Å². The lowest BCUT2D eigenvalue weighted by atomic mass is 10.1. The third kappa shape index (κ3) is 3.53. The predicted octanol–water partition coefficient (Wildman–Crippen LogP) is 4.65. The van der Waals surface area contributed by atoms with Crippen molar-refractivity contribution in [2.24, 2.45) is 0 Å². The Bertz CT molecular complexity index is 627. The Labute approximate surface area is 127 Å². The molecule has 0 saturated heterocycles. The van der Waals surface area contributed by atoms with Gasteiger partial charge in [0.15, 0.2) is 5.01 Å². The molecule has 1 unspecified atom stereocenters. The van der Waals surface area contributed by atoms with Crippen LogP contribution in [-0.4, -0.2) is 11.5 Å². The maximum Gasteiger partial charge on any atom is 0.443 e. The van der Waals surface area contributed by atoms with Crippen molar-refractivity contribution < 1.29 is 17.6 Å². The molecule has 2 rings (SSSR count). The van der Waals surface area contributed by atoms with E-state index in [0.717, 1.165) is 6.20 Å². The lowest BCUT2D eigenvalue weighted by molar-refractivity contribution is -0.137. The van der Waals surface area contributed by atoms with Gasteiger partial charge in [-0.15, -0.1) is 11.3 Å². The summed E-state index contributed by atoms with van der Waals surface area (Å²) in [4.78, 5) is 3.65. The number of nitrogens with one attached hydrogen (secondary N) is 1. The van der Waals surface area contributed by atoms with E-state index in [1.54, 1.807) is 13.0 Å². The molecule has 0 amide bonds. The van der Waals surface area contributed by atoms with E-state index in [2.05, 4.69) is 10.3 Å². The number of alkyl halides is 3. The molecule has 0 aliphatic heterocycles. The van der Waals surface area contributed by atoms with E-state index in [1.165, 1.54) is 12.1 Å². The molecule has 1 atom stereocenters. The van der Waals surface area contributed by atoms with Gasteiger partial charge in [-0.1, -0.05) is 30.7 Å². The standard InChI is InChI=1S/C13H11ClF4N2S/c1-2-19-11(7-4-3-5-8(14)10(7)15)9-6-20-12(21-9)13(16,17)18/h3-6,11,19H,2H2,1H3. The summed E-state index contributed by atoms with van der Waals surface area (Å²) in [7, 11) is 0. The minimum absolute atomic E-state index is 0.0732. The summed E-state index contributed by atoms with van der Waals surface area (Å²) in [6.07, 6.45) is -3.40. The van der Waals surface area contributed by atoms with Crippen LogP contribution in [0.4, 0.5) is 17.6 Å². The molecule has 2 nitrogen and oxygen atoms in total. The molecular formula is C13H11ClF4N2S. The van der Waals surface area contributed by atoms with Crippen molar-refractivity contribution in [3.8, 4) is 0 Å². The van der Waals surface area contributed by atoms with E-state index < -0.39 is 23.0 Å². The highest BCUT2D eigenvalue weighted by Gasteiger charge is 2.35. The summed E-state index contributed by atoms with van der Waals surface area (Å²) >= 11 is 6.22. The van der Waals surface area contributed by atoms with Gasteiger partial charge >= 0.3 is 6.18 Å². The molecule has 1 N–H and O–H groups in total. The first-order chi connectivity index (χ1) is 9.84. The maximum absolute atomic E-state index is 14.1. The van der Waals surface area contributed by atoms with Crippen LogP contribution < -0.4 is 5.32 Å². The van der Waals surface area contributed by atoms with Crippen LogP contribution in [0.2, 0.25) is 5.02 Å². The van der Waals surface area contributed by atoms with Gasteiger partial charge in [0, 0.05) is 16.6 Å². The highest BCUT2D eigenvalue weighted by Crippen LogP contribution is 2.37. The summed E-state index contributed by atoms with van der Waals surface area (Å²) in [6.45, 7) is 2.23. The van der Waals surface area contributed by atoms with Gasteiger partial charge in [-0.3, -0.25) is 0 Å². The van der Waals surface area contributed by atoms with Crippen LogP contribution in [0.25, 0.3) is 0 Å². The van der Waals surface area contributed by atoms with Gasteiger partial charge in [0.1, 0.15) is 5.82 Å². The van der Waals surface area contributed by atoms with Gasteiger partial charge in [0.05, 0.1) is 11.1 Å². The van der Waals surface area contributed by atoms with E-state index in [9.17, 15) is 17.6 Å². The van der Waals surface area contributed by atoms with Crippen LogP contribution in [-0.2, 0) is 6.18 Å². The minimum Gasteiger partial charge on any atom is -0.306 e. The molecule has 0 radical (unpaired) electrons. The molecule has 21 heavy (non-hydrogen) atoms. The number of rotatable bonds is 4. The average molecular weight is 339 g/mol. The number of hydrogen-bond acceptors (Lipinski definition) is 3. The van der Waals surface area contributed by atoms with Gasteiger partial charge in [-0.2, -0.15) is 13.2 Å². The number of hydrogen-bond donors (Lipinski definition) is 1. The van der Waals surface area contributed by atoms with E-state index in [4.69, 9.17) is 11.6 Å². The molecule has 0 bridgehead atoms. The molecule has 1 heterocycles. The summed E-state index contributed by atoms with van der Waals surface area (Å²) < 4.78 is 52.0. The number of thiazole rings is 1. The Hall–Kier alpha value is -1.18. The van der Waals surface area contributed by atoms with Crippen molar-refractivity contribution in [2.45, 2.75) is 19.1 Å². The highest BCUT2D eigenvalue weighted by atomic mass is 35.5. The van der Waals surface area contributed by atoms with Gasteiger partial charge in [0.25, 0.3) is 0 Å². The molecule has 114 valence electrons. The molecule has 0 aliphatic rings. The van der Waals surface area contributed by atoms with Crippen LogP contribution in [0.1, 0.15) is 28.4 Å². The second-order valence-corrected chi connectivity index (χ2v) is 5.67. The minimum atomic E-state index is -4.51. The fourth-order valence-corrected chi connectivity index (χ4v) is 2.92. The average Bonchev–Trinajstić information content (AvgIpc) is 2.89. The monoisotopic (exact) mass is 338 g/mol. The molecule has 0 saturated carbocycles. The number of nitrogens with zero attached hydrogens (tertiary/aromatic N) is 1. The second kappa shape index (κ2) is 6.29. The Morgan fingerprint density at radius 3 is 2.67 bits per heavy atom. The maximum atomic E-state index is 14.1.